The van der Waals surface area contributed by atoms with Gasteiger partial charge in [0.2, 0.25) is 0 Å². The quantitative estimate of drug-likeness (QED) is 0.504. The molecule has 2 aromatic heterocycles. The Morgan fingerprint density at radius 2 is 1.96 bits per heavy atom. The largest absolute Gasteiger partial charge is 0.278 e. The summed E-state index contributed by atoms with van der Waals surface area (Å²) >= 11 is 8.04. The zero-order valence-corrected chi connectivity index (χ0v) is 18.0. The van der Waals surface area contributed by atoms with Crippen LogP contribution in [0.3, 0.4) is 0 Å². The molecule has 0 aliphatic carbocycles. The van der Waals surface area contributed by atoms with Crippen molar-refractivity contribution in [3.05, 3.63) is 63.8 Å². The van der Waals surface area contributed by atoms with Gasteiger partial charge in [0.05, 0.1) is 5.69 Å². The molecule has 0 radical (unpaired) electrons. The van der Waals surface area contributed by atoms with Crippen LogP contribution in [0, 0.1) is 5.92 Å². The number of halogens is 1. The Kier molecular flexibility index (Phi) is 5.59. The highest BCUT2D eigenvalue weighted by Gasteiger charge is 2.22. The van der Waals surface area contributed by atoms with E-state index in [9.17, 15) is 4.79 Å². The van der Waals surface area contributed by atoms with Crippen molar-refractivity contribution in [1.82, 2.24) is 9.55 Å². The molecular formula is C22H25ClN2OS. The minimum atomic E-state index is -0.0685. The normalized spacial score (nSPS) is 12.0. The number of hydrogen-bond donors (Lipinski definition) is 0. The van der Waals surface area contributed by atoms with Crippen molar-refractivity contribution in [2.24, 2.45) is 5.92 Å². The molecule has 0 bridgehead atoms. The molecule has 0 saturated carbocycles. The molecule has 0 amide bonds. The molecule has 0 unspecified atom stereocenters. The minimum Gasteiger partial charge on any atom is -0.278 e. The second kappa shape index (κ2) is 7.61. The van der Waals surface area contributed by atoms with Crippen LogP contribution in [0.5, 0.6) is 0 Å². The fourth-order valence-electron chi connectivity index (χ4n) is 3.20. The molecule has 0 aliphatic heterocycles. The maximum atomic E-state index is 13.4. The monoisotopic (exact) mass is 400 g/mol. The molecular weight excluding hydrogens is 376 g/mol. The predicted molar refractivity (Wildman–Crippen MR) is 114 cm³/mol. The summed E-state index contributed by atoms with van der Waals surface area (Å²) in [4.78, 5) is 17.8. The lowest BCUT2D eigenvalue weighted by molar-refractivity contribution is 0.0958. The molecule has 0 atom stereocenters. The summed E-state index contributed by atoms with van der Waals surface area (Å²) in [7, 11) is 0. The zero-order valence-electron chi connectivity index (χ0n) is 16.4. The highest BCUT2D eigenvalue weighted by atomic mass is 35.5. The summed E-state index contributed by atoms with van der Waals surface area (Å²) in [5.41, 5.74) is 3.39. The van der Waals surface area contributed by atoms with E-state index in [1.807, 2.05) is 29.6 Å². The fourth-order valence-corrected chi connectivity index (χ4v) is 4.32. The standard InChI is InChI=1S/C22H25ClN2OS/c1-14(2)12-16-7-9-19(20-24-10-11-27-20)25(16)21(26)15-6-8-17(18(23)13-15)22(3,4)5/h6-11,13-14H,12H2,1-5H3. The van der Waals surface area contributed by atoms with Gasteiger partial charge in [-0.3, -0.25) is 9.36 Å². The Balaban J connectivity index is 2.08. The van der Waals surface area contributed by atoms with Gasteiger partial charge in [0.25, 0.3) is 5.91 Å². The molecule has 3 aromatic rings. The molecule has 142 valence electrons. The molecule has 3 nitrogen and oxygen atoms in total. The first kappa shape index (κ1) is 19.8. The van der Waals surface area contributed by atoms with Gasteiger partial charge in [-0.05, 0) is 47.6 Å². The Hall–Kier alpha value is -1.91. The Labute approximate surface area is 170 Å². The van der Waals surface area contributed by atoms with Crippen LogP contribution in [0.2, 0.25) is 5.02 Å². The number of benzene rings is 1. The number of nitrogens with zero attached hydrogens (tertiary/aromatic N) is 2. The smallest absolute Gasteiger partial charge is 0.262 e. The third kappa shape index (κ3) is 4.17. The lowest BCUT2D eigenvalue weighted by atomic mass is 9.86. The first-order chi connectivity index (χ1) is 12.7. The molecule has 0 fully saturated rings. The van der Waals surface area contributed by atoms with Crippen LogP contribution in [-0.2, 0) is 11.8 Å². The Bertz CT molecular complexity index is 949. The van der Waals surface area contributed by atoms with Crippen molar-refractivity contribution in [3.8, 4) is 10.7 Å². The topological polar surface area (TPSA) is 34.9 Å². The average Bonchev–Trinajstić information content (AvgIpc) is 3.21. The minimum absolute atomic E-state index is 0.0665. The maximum absolute atomic E-state index is 13.4. The van der Waals surface area contributed by atoms with E-state index < -0.39 is 0 Å². The van der Waals surface area contributed by atoms with Crippen molar-refractivity contribution in [1.29, 1.82) is 0 Å². The molecule has 0 saturated heterocycles. The van der Waals surface area contributed by atoms with Gasteiger partial charge in [-0.1, -0.05) is 52.3 Å². The van der Waals surface area contributed by atoms with E-state index >= 15 is 0 Å². The van der Waals surface area contributed by atoms with E-state index in [1.54, 1.807) is 16.8 Å². The SMILES string of the molecule is CC(C)Cc1ccc(-c2nccs2)n1C(=O)c1ccc(C(C)(C)C)c(Cl)c1. The van der Waals surface area contributed by atoms with Crippen molar-refractivity contribution in [2.75, 3.05) is 0 Å². The van der Waals surface area contributed by atoms with Crippen LogP contribution in [0.1, 0.15) is 56.2 Å². The van der Waals surface area contributed by atoms with Crippen LogP contribution in [0.25, 0.3) is 10.7 Å². The van der Waals surface area contributed by atoms with E-state index in [0.717, 1.165) is 28.4 Å². The fraction of sp³-hybridized carbons (Fsp3) is 0.364. The highest BCUT2D eigenvalue weighted by Crippen LogP contribution is 2.32. The van der Waals surface area contributed by atoms with E-state index in [-0.39, 0.29) is 11.3 Å². The van der Waals surface area contributed by atoms with Crippen LogP contribution >= 0.6 is 22.9 Å². The van der Waals surface area contributed by atoms with E-state index in [1.165, 1.54) is 11.3 Å². The zero-order chi connectivity index (χ0) is 19.8. The van der Waals surface area contributed by atoms with Gasteiger partial charge < -0.3 is 0 Å². The van der Waals surface area contributed by atoms with Crippen molar-refractivity contribution < 1.29 is 4.79 Å². The van der Waals surface area contributed by atoms with Crippen LogP contribution in [0.4, 0.5) is 0 Å². The number of thiazole rings is 1. The second-order valence-corrected chi connectivity index (χ2v) is 9.53. The summed E-state index contributed by atoms with van der Waals surface area (Å²) < 4.78 is 1.79. The summed E-state index contributed by atoms with van der Waals surface area (Å²) in [5.74, 6) is 0.380. The summed E-state index contributed by atoms with van der Waals surface area (Å²) in [6, 6.07) is 9.64. The van der Waals surface area contributed by atoms with Crippen LogP contribution in [0.15, 0.2) is 41.9 Å². The number of carbonyl (C=O) groups excluding carboxylic acids is 1. The first-order valence-corrected chi connectivity index (χ1v) is 10.4. The molecule has 3 rings (SSSR count). The van der Waals surface area contributed by atoms with Gasteiger partial charge in [-0.25, -0.2) is 4.98 Å². The lowest BCUT2D eigenvalue weighted by Gasteiger charge is -2.21. The molecule has 27 heavy (non-hydrogen) atoms. The predicted octanol–water partition coefficient (Wildman–Crippen LogP) is 6.45. The lowest BCUT2D eigenvalue weighted by Crippen LogP contribution is -2.18. The maximum Gasteiger partial charge on any atom is 0.262 e. The van der Waals surface area contributed by atoms with Gasteiger partial charge in [0, 0.05) is 27.9 Å². The summed E-state index contributed by atoms with van der Waals surface area (Å²) in [6.45, 7) is 10.6. The molecule has 0 spiro atoms. The Morgan fingerprint density at radius 1 is 1.22 bits per heavy atom. The molecule has 1 aromatic carbocycles. The second-order valence-electron chi connectivity index (χ2n) is 8.23. The first-order valence-electron chi connectivity index (χ1n) is 9.13. The van der Waals surface area contributed by atoms with E-state index in [0.29, 0.717) is 16.5 Å². The summed E-state index contributed by atoms with van der Waals surface area (Å²) in [6.07, 6.45) is 2.59. The van der Waals surface area contributed by atoms with Gasteiger partial charge in [-0.2, -0.15) is 0 Å². The van der Waals surface area contributed by atoms with Crippen molar-refractivity contribution >= 4 is 28.8 Å². The van der Waals surface area contributed by atoms with Crippen LogP contribution in [-0.4, -0.2) is 15.5 Å². The molecule has 0 aliphatic rings. The van der Waals surface area contributed by atoms with E-state index in [2.05, 4.69) is 39.6 Å². The van der Waals surface area contributed by atoms with Gasteiger partial charge in [0.15, 0.2) is 0 Å². The van der Waals surface area contributed by atoms with Gasteiger partial charge >= 0.3 is 0 Å². The van der Waals surface area contributed by atoms with Crippen molar-refractivity contribution in [3.63, 3.8) is 0 Å². The number of hydrogen-bond acceptors (Lipinski definition) is 3. The molecule has 0 N–H and O–H groups in total. The average molecular weight is 401 g/mol. The highest BCUT2D eigenvalue weighted by molar-refractivity contribution is 7.13. The third-order valence-electron chi connectivity index (χ3n) is 4.46. The van der Waals surface area contributed by atoms with Crippen molar-refractivity contribution in [2.45, 2.75) is 46.5 Å². The summed E-state index contributed by atoms with van der Waals surface area (Å²) in [5, 5.41) is 3.39. The number of carbonyl (C=O) groups is 1. The number of aromatic nitrogens is 2. The van der Waals surface area contributed by atoms with Gasteiger partial charge in [0.1, 0.15) is 5.01 Å². The Morgan fingerprint density at radius 3 is 2.52 bits per heavy atom. The third-order valence-corrected chi connectivity index (χ3v) is 5.57. The van der Waals surface area contributed by atoms with E-state index in [4.69, 9.17) is 11.6 Å². The molecule has 2 heterocycles. The molecule has 5 heteroatoms. The number of rotatable bonds is 4. The van der Waals surface area contributed by atoms with Crippen LogP contribution < -0.4 is 0 Å². The van der Waals surface area contributed by atoms with Gasteiger partial charge in [-0.15, -0.1) is 11.3 Å².